The van der Waals surface area contributed by atoms with Crippen molar-refractivity contribution >= 4 is 35.3 Å². The molecular weight excluding hydrogens is 408 g/mol. The van der Waals surface area contributed by atoms with Gasteiger partial charge in [0.1, 0.15) is 25.1 Å². The highest BCUT2D eigenvalue weighted by atomic mass is 16.6. The molecule has 1 atom stereocenters. The van der Waals surface area contributed by atoms with Gasteiger partial charge in [0.05, 0.1) is 11.8 Å². The first-order chi connectivity index (χ1) is 15.6. The van der Waals surface area contributed by atoms with Gasteiger partial charge in [0.15, 0.2) is 0 Å². The van der Waals surface area contributed by atoms with Gasteiger partial charge in [0, 0.05) is 43.6 Å². The minimum absolute atomic E-state index is 0.00831. The molecule has 2 aliphatic heterocycles. The number of hydrogen-bond donors (Lipinski definition) is 3. The minimum atomic E-state index is -0.217. The normalized spacial score (nSPS) is 18.7. The van der Waals surface area contributed by atoms with Crippen molar-refractivity contribution in [2.24, 2.45) is 5.16 Å². The predicted octanol–water partition coefficient (Wildman–Crippen LogP) is 2.43. The molecule has 1 aromatic carbocycles. The zero-order valence-corrected chi connectivity index (χ0v) is 18.3. The fraction of sp³-hybridized carbons (Fsp3) is 0.455. The molecule has 32 heavy (non-hydrogen) atoms. The number of nitrogens with two attached hydrogens (primary N) is 1. The summed E-state index contributed by atoms with van der Waals surface area (Å²) in [6.07, 6.45) is 7.52. The van der Waals surface area contributed by atoms with Crippen molar-refractivity contribution in [3.05, 3.63) is 36.2 Å². The molecule has 2 saturated heterocycles. The number of amides is 2. The summed E-state index contributed by atoms with van der Waals surface area (Å²) in [4.78, 5) is 30.1. The molecule has 0 spiro atoms. The summed E-state index contributed by atoms with van der Waals surface area (Å²) in [5.41, 5.74) is 8.57. The summed E-state index contributed by atoms with van der Waals surface area (Å²) < 4.78 is 0. The Hall–Kier alpha value is -3.56. The summed E-state index contributed by atoms with van der Waals surface area (Å²) in [5, 5.41) is 9.77. The summed E-state index contributed by atoms with van der Waals surface area (Å²) in [5.74, 6) is 1.01. The zero-order chi connectivity index (χ0) is 22.3. The van der Waals surface area contributed by atoms with E-state index in [1.807, 2.05) is 12.1 Å². The molecule has 170 valence electrons. The summed E-state index contributed by atoms with van der Waals surface area (Å²) in [6.45, 7) is 3.55. The van der Waals surface area contributed by atoms with Crippen LogP contribution in [0.1, 0.15) is 31.2 Å². The first-order valence-corrected chi connectivity index (χ1v) is 11.0. The Morgan fingerprint density at radius 1 is 1.16 bits per heavy atom. The van der Waals surface area contributed by atoms with Gasteiger partial charge in [0.2, 0.25) is 0 Å². The van der Waals surface area contributed by atoms with E-state index in [1.165, 1.54) is 44.6 Å². The number of aromatic nitrogens is 2. The van der Waals surface area contributed by atoms with E-state index in [-0.39, 0.29) is 12.1 Å². The smallest absolute Gasteiger partial charge is 0.319 e. The second-order valence-corrected chi connectivity index (χ2v) is 8.04. The van der Waals surface area contributed by atoms with Crippen LogP contribution >= 0.6 is 0 Å². The van der Waals surface area contributed by atoms with E-state index < -0.39 is 0 Å². The number of carbonyl (C=O) groups excluding carboxylic acids is 1. The highest BCUT2D eigenvalue weighted by Crippen LogP contribution is 2.24. The molecule has 0 radical (unpaired) electrons. The fourth-order valence-corrected chi connectivity index (χ4v) is 4.21. The summed E-state index contributed by atoms with van der Waals surface area (Å²) >= 11 is 0. The Labute approximate surface area is 187 Å². The number of benzene rings is 1. The largest absolute Gasteiger partial charge is 0.399 e. The van der Waals surface area contributed by atoms with Crippen molar-refractivity contribution in [3.63, 3.8) is 0 Å². The molecule has 0 bridgehead atoms. The molecule has 10 nitrogen and oxygen atoms in total. The number of rotatable bonds is 6. The highest BCUT2D eigenvalue weighted by molar-refractivity contribution is 5.92. The quantitative estimate of drug-likeness (QED) is 0.468. The lowest BCUT2D eigenvalue weighted by atomic mass is 10.1. The van der Waals surface area contributed by atoms with Crippen LogP contribution in [0.2, 0.25) is 0 Å². The molecule has 2 fully saturated rings. The molecule has 0 saturated carbocycles. The number of hydrogen-bond acceptors (Lipinski definition) is 8. The number of nitrogens with zero attached hydrogens (tertiary/aromatic N) is 5. The van der Waals surface area contributed by atoms with Crippen LogP contribution < -0.4 is 26.2 Å². The van der Waals surface area contributed by atoms with E-state index >= 15 is 0 Å². The number of nitrogens with one attached hydrogen (secondary N) is 2. The molecular formula is C22H30N8O2. The third-order valence-electron chi connectivity index (χ3n) is 5.85. The topological polar surface area (TPSA) is 121 Å². The van der Waals surface area contributed by atoms with Crippen molar-refractivity contribution in [3.8, 4) is 0 Å². The van der Waals surface area contributed by atoms with Crippen LogP contribution in [0.5, 0.6) is 0 Å². The van der Waals surface area contributed by atoms with Crippen molar-refractivity contribution in [1.82, 2.24) is 15.3 Å². The minimum Gasteiger partial charge on any atom is -0.399 e. The van der Waals surface area contributed by atoms with Gasteiger partial charge in [0.25, 0.3) is 0 Å². The van der Waals surface area contributed by atoms with Crippen molar-refractivity contribution in [2.45, 2.75) is 31.7 Å². The molecule has 3 heterocycles. The number of carbonyl (C=O) groups is 1. The first-order valence-electron chi connectivity index (χ1n) is 11.0. The number of oxime groups is 1. The Balaban J connectivity index is 1.32. The Kier molecular flexibility index (Phi) is 6.88. The van der Waals surface area contributed by atoms with Gasteiger partial charge >= 0.3 is 6.03 Å². The average molecular weight is 439 g/mol. The lowest BCUT2D eigenvalue weighted by Gasteiger charge is -2.28. The summed E-state index contributed by atoms with van der Waals surface area (Å²) in [7, 11) is 1.46. The maximum atomic E-state index is 12.5. The maximum absolute atomic E-state index is 12.5. The highest BCUT2D eigenvalue weighted by Gasteiger charge is 2.27. The Morgan fingerprint density at radius 3 is 2.69 bits per heavy atom. The van der Waals surface area contributed by atoms with E-state index in [4.69, 9.17) is 10.6 Å². The molecule has 0 aliphatic carbocycles. The van der Waals surface area contributed by atoms with Gasteiger partial charge in [-0.3, -0.25) is 0 Å². The number of urea groups is 1. The van der Waals surface area contributed by atoms with E-state index in [0.717, 1.165) is 31.7 Å². The van der Waals surface area contributed by atoms with Crippen molar-refractivity contribution in [2.75, 3.05) is 54.1 Å². The number of piperidine rings is 1. The van der Waals surface area contributed by atoms with Gasteiger partial charge in [-0.1, -0.05) is 5.16 Å². The lowest BCUT2D eigenvalue weighted by Crippen LogP contribution is -2.40. The SMILES string of the molecule is CO/N=C/c1c(N)ncnc1N1CCC(NC(=O)Nc2ccc(N3CCCCC3)cc2)C1. The van der Waals surface area contributed by atoms with Crippen molar-refractivity contribution < 1.29 is 9.63 Å². The predicted molar refractivity (Wildman–Crippen MR) is 126 cm³/mol. The van der Waals surface area contributed by atoms with E-state index in [1.54, 1.807) is 0 Å². The zero-order valence-electron chi connectivity index (χ0n) is 18.3. The van der Waals surface area contributed by atoms with E-state index in [0.29, 0.717) is 23.7 Å². The summed E-state index contributed by atoms with van der Waals surface area (Å²) in [6, 6.07) is 7.82. The average Bonchev–Trinajstić information content (AvgIpc) is 3.27. The van der Waals surface area contributed by atoms with E-state index in [9.17, 15) is 4.79 Å². The molecule has 10 heteroatoms. The van der Waals surface area contributed by atoms with Crippen LogP contribution in [0.4, 0.5) is 27.8 Å². The van der Waals surface area contributed by atoms with Crippen LogP contribution in [0, 0.1) is 0 Å². The fourth-order valence-electron chi connectivity index (χ4n) is 4.21. The van der Waals surface area contributed by atoms with Gasteiger partial charge in [-0.05, 0) is 49.9 Å². The standard InChI is InChI=1S/C22H30N8O2/c1-32-26-13-19-20(23)24-15-25-21(19)30-12-9-17(14-30)28-22(31)27-16-5-7-18(8-6-16)29-10-3-2-4-11-29/h5-8,13,15,17H,2-4,9-12,14H2,1H3,(H2,23,24,25)(H2,27,28,31)/b26-13+. The molecule has 4 N–H and O–H groups in total. The van der Waals surface area contributed by atoms with Crippen LogP contribution in [-0.2, 0) is 4.84 Å². The maximum Gasteiger partial charge on any atom is 0.319 e. The number of anilines is 4. The molecule has 2 aliphatic rings. The first kappa shape index (κ1) is 21.7. The number of nitrogen functional groups attached to an aromatic ring is 1. The van der Waals surface area contributed by atoms with E-state index in [2.05, 4.69) is 47.7 Å². The molecule has 1 aromatic heterocycles. The second kappa shape index (κ2) is 10.2. The van der Waals surface area contributed by atoms with Crippen LogP contribution in [0.25, 0.3) is 0 Å². The van der Waals surface area contributed by atoms with Crippen LogP contribution in [-0.4, -0.2) is 61.5 Å². The third kappa shape index (κ3) is 5.19. The van der Waals surface area contributed by atoms with Gasteiger partial charge < -0.3 is 31.0 Å². The Morgan fingerprint density at radius 2 is 1.94 bits per heavy atom. The van der Waals surface area contributed by atoms with Crippen LogP contribution in [0.3, 0.4) is 0 Å². The van der Waals surface area contributed by atoms with Gasteiger partial charge in [-0.25, -0.2) is 14.8 Å². The third-order valence-corrected chi connectivity index (χ3v) is 5.85. The monoisotopic (exact) mass is 438 g/mol. The van der Waals surface area contributed by atoms with Crippen molar-refractivity contribution in [1.29, 1.82) is 0 Å². The van der Waals surface area contributed by atoms with Gasteiger partial charge in [-0.2, -0.15) is 0 Å². The molecule has 2 aromatic rings. The second-order valence-electron chi connectivity index (χ2n) is 8.04. The molecule has 2 amide bonds. The molecule has 1 unspecified atom stereocenters. The van der Waals surface area contributed by atoms with Crippen LogP contribution in [0.15, 0.2) is 35.7 Å². The molecule has 4 rings (SSSR count). The Bertz CT molecular complexity index is 943. The van der Waals surface area contributed by atoms with Gasteiger partial charge in [-0.15, -0.1) is 0 Å². The lowest BCUT2D eigenvalue weighted by molar-refractivity contribution is 0.215.